The highest BCUT2D eigenvalue weighted by Crippen LogP contribution is 2.30. The van der Waals surface area contributed by atoms with Gasteiger partial charge in [0, 0.05) is 19.1 Å². The van der Waals surface area contributed by atoms with E-state index in [0.29, 0.717) is 12.2 Å². The summed E-state index contributed by atoms with van der Waals surface area (Å²) in [6, 6.07) is 11.0. The van der Waals surface area contributed by atoms with Gasteiger partial charge in [0.15, 0.2) is 11.6 Å². The van der Waals surface area contributed by atoms with Crippen molar-refractivity contribution in [1.29, 1.82) is 0 Å². The van der Waals surface area contributed by atoms with Gasteiger partial charge in [-0.2, -0.15) is 0 Å². The summed E-state index contributed by atoms with van der Waals surface area (Å²) in [4.78, 5) is -0.0929. The van der Waals surface area contributed by atoms with Gasteiger partial charge in [0.2, 0.25) is 0 Å². The third-order valence-electron chi connectivity index (χ3n) is 4.05. The molecule has 7 heteroatoms. The predicted molar refractivity (Wildman–Crippen MR) is 90.2 cm³/mol. The van der Waals surface area contributed by atoms with Crippen LogP contribution < -0.4 is 14.4 Å². The number of rotatable bonds is 3. The summed E-state index contributed by atoms with van der Waals surface area (Å²) in [6.45, 7) is 2.77. The quantitative estimate of drug-likeness (QED) is 0.924. The van der Waals surface area contributed by atoms with E-state index >= 15 is 0 Å². The van der Waals surface area contributed by atoms with E-state index in [1.807, 2.05) is 19.1 Å². The van der Waals surface area contributed by atoms with Crippen molar-refractivity contribution in [3.05, 3.63) is 53.8 Å². The predicted octanol–water partition coefficient (Wildman–Crippen LogP) is 2.52. The van der Waals surface area contributed by atoms with Crippen LogP contribution in [0, 0.1) is 5.82 Å². The summed E-state index contributed by atoms with van der Waals surface area (Å²) in [5.41, 5.74) is 1.50. The summed E-state index contributed by atoms with van der Waals surface area (Å²) >= 11 is 0. The fourth-order valence-corrected chi connectivity index (χ4v) is 4.37. The Morgan fingerprint density at radius 3 is 2.71 bits per heavy atom. The molecule has 24 heavy (non-hydrogen) atoms. The number of methoxy groups -OCH3 is 1. The van der Waals surface area contributed by atoms with Crippen LogP contribution in [0.4, 0.5) is 10.1 Å². The molecule has 1 unspecified atom stereocenters. The van der Waals surface area contributed by atoms with Crippen molar-refractivity contribution < 1.29 is 17.5 Å². The molecule has 0 aromatic heterocycles. The molecule has 1 aliphatic heterocycles. The SMILES string of the molecule is COc1ccc(S(=O)(=O)N2CC(C)NCc3ccccc32)cc1F. The Hall–Kier alpha value is -2.12. The van der Waals surface area contributed by atoms with E-state index in [1.54, 1.807) is 12.1 Å². The Kier molecular flexibility index (Phi) is 4.47. The first kappa shape index (κ1) is 16.7. The van der Waals surface area contributed by atoms with Gasteiger partial charge in [0.25, 0.3) is 10.0 Å². The number of anilines is 1. The lowest BCUT2D eigenvalue weighted by atomic mass is 10.2. The zero-order valence-electron chi connectivity index (χ0n) is 13.5. The monoisotopic (exact) mass is 350 g/mol. The number of ether oxygens (including phenoxy) is 1. The zero-order chi connectivity index (χ0) is 17.3. The maximum absolute atomic E-state index is 14.0. The van der Waals surface area contributed by atoms with Crippen molar-refractivity contribution >= 4 is 15.7 Å². The first-order valence-electron chi connectivity index (χ1n) is 7.61. The number of fused-ring (bicyclic) bond motifs is 1. The van der Waals surface area contributed by atoms with Crippen LogP contribution in [-0.4, -0.2) is 28.1 Å². The highest BCUT2D eigenvalue weighted by Gasteiger charge is 2.30. The summed E-state index contributed by atoms with van der Waals surface area (Å²) in [7, 11) is -2.54. The zero-order valence-corrected chi connectivity index (χ0v) is 14.3. The van der Waals surface area contributed by atoms with Crippen LogP contribution in [0.25, 0.3) is 0 Å². The molecule has 128 valence electrons. The molecule has 0 fully saturated rings. The summed E-state index contributed by atoms with van der Waals surface area (Å²) in [5.74, 6) is -0.687. The minimum absolute atomic E-state index is 0.0141. The van der Waals surface area contributed by atoms with Crippen molar-refractivity contribution in [2.45, 2.75) is 24.4 Å². The Labute approximate surface area is 141 Å². The molecule has 1 atom stereocenters. The molecule has 5 nitrogen and oxygen atoms in total. The molecule has 0 saturated carbocycles. The third-order valence-corrected chi connectivity index (χ3v) is 5.83. The number of hydrogen-bond acceptors (Lipinski definition) is 4. The lowest BCUT2D eigenvalue weighted by Crippen LogP contribution is -2.39. The minimum atomic E-state index is -3.88. The van der Waals surface area contributed by atoms with Crippen LogP contribution >= 0.6 is 0 Å². The van der Waals surface area contributed by atoms with E-state index in [1.165, 1.54) is 23.5 Å². The molecule has 0 bridgehead atoms. The maximum atomic E-state index is 14.0. The topological polar surface area (TPSA) is 58.6 Å². The van der Waals surface area contributed by atoms with Crippen LogP contribution in [0.5, 0.6) is 5.75 Å². The molecule has 0 aliphatic carbocycles. The van der Waals surface area contributed by atoms with E-state index in [4.69, 9.17) is 4.74 Å². The van der Waals surface area contributed by atoms with E-state index in [0.717, 1.165) is 11.6 Å². The van der Waals surface area contributed by atoms with Gasteiger partial charge >= 0.3 is 0 Å². The molecule has 3 rings (SSSR count). The number of benzene rings is 2. The van der Waals surface area contributed by atoms with E-state index < -0.39 is 15.8 Å². The smallest absolute Gasteiger partial charge is 0.264 e. The Morgan fingerprint density at radius 1 is 1.25 bits per heavy atom. The number of nitrogens with one attached hydrogen (secondary N) is 1. The fraction of sp³-hybridized carbons (Fsp3) is 0.294. The number of sulfonamides is 1. The standard InChI is InChI=1S/C17H19FN2O3S/c1-12-11-20(16-6-4-3-5-13(16)10-19-12)24(21,22)14-7-8-17(23-2)15(18)9-14/h3-9,12,19H,10-11H2,1-2H3. The Morgan fingerprint density at radius 2 is 2.00 bits per heavy atom. The third kappa shape index (κ3) is 2.97. The maximum Gasteiger partial charge on any atom is 0.264 e. The Balaban J connectivity index is 2.10. The molecule has 0 spiro atoms. The number of halogens is 1. The molecule has 2 aromatic rings. The van der Waals surface area contributed by atoms with Crippen LogP contribution in [0.15, 0.2) is 47.4 Å². The van der Waals surface area contributed by atoms with Crippen LogP contribution in [0.1, 0.15) is 12.5 Å². The minimum Gasteiger partial charge on any atom is -0.494 e. The Bertz CT molecular complexity index is 855. The van der Waals surface area contributed by atoms with Crippen molar-refractivity contribution in [2.75, 3.05) is 18.0 Å². The molecule has 0 amide bonds. The number of nitrogens with zero attached hydrogens (tertiary/aromatic N) is 1. The molecule has 1 N–H and O–H groups in total. The normalized spacial score (nSPS) is 18.0. The van der Waals surface area contributed by atoms with Crippen LogP contribution in [0.3, 0.4) is 0 Å². The average molecular weight is 350 g/mol. The van der Waals surface area contributed by atoms with Gasteiger partial charge in [-0.15, -0.1) is 0 Å². The highest BCUT2D eigenvalue weighted by atomic mass is 32.2. The van der Waals surface area contributed by atoms with Gasteiger partial charge in [-0.3, -0.25) is 4.31 Å². The molecular formula is C17H19FN2O3S. The van der Waals surface area contributed by atoms with Crippen molar-refractivity contribution in [3.8, 4) is 5.75 Å². The number of hydrogen-bond donors (Lipinski definition) is 1. The van der Waals surface area contributed by atoms with Gasteiger partial charge < -0.3 is 10.1 Å². The molecule has 1 heterocycles. The molecule has 2 aromatic carbocycles. The largest absolute Gasteiger partial charge is 0.494 e. The van der Waals surface area contributed by atoms with Gasteiger partial charge in [0.05, 0.1) is 17.7 Å². The van der Waals surface area contributed by atoms with E-state index in [-0.39, 0.29) is 23.2 Å². The first-order valence-corrected chi connectivity index (χ1v) is 9.05. The van der Waals surface area contributed by atoms with Crippen LogP contribution in [0.2, 0.25) is 0 Å². The highest BCUT2D eigenvalue weighted by molar-refractivity contribution is 7.92. The first-order chi connectivity index (χ1) is 11.4. The van der Waals surface area contributed by atoms with Crippen molar-refractivity contribution in [1.82, 2.24) is 5.32 Å². The van der Waals surface area contributed by atoms with Gasteiger partial charge in [-0.05, 0) is 36.8 Å². The van der Waals surface area contributed by atoms with Crippen molar-refractivity contribution in [3.63, 3.8) is 0 Å². The second-order valence-electron chi connectivity index (χ2n) is 5.74. The van der Waals surface area contributed by atoms with Gasteiger partial charge in [-0.25, -0.2) is 12.8 Å². The summed E-state index contributed by atoms with van der Waals surface area (Å²) < 4.78 is 46.4. The van der Waals surface area contributed by atoms with E-state index in [9.17, 15) is 12.8 Å². The molecule has 0 radical (unpaired) electrons. The molecular weight excluding hydrogens is 331 g/mol. The number of para-hydroxylation sites is 1. The van der Waals surface area contributed by atoms with Crippen molar-refractivity contribution in [2.24, 2.45) is 0 Å². The molecule has 1 aliphatic rings. The lowest BCUT2D eigenvalue weighted by Gasteiger charge is -2.26. The van der Waals surface area contributed by atoms with Crippen LogP contribution in [-0.2, 0) is 16.6 Å². The fourth-order valence-electron chi connectivity index (χ4n) is 2.76. The van der Waals surface area contributed by atoms with Gasteiger partial charge in [0.1, 0.15) is 0 Å². The van der Waals surface area contributed by atoms with Gasteiger partial charge in [-0.1, -0.05) is 18.2 Å². The molecule has 0 saturated heterocycles. The summed E-state index contributed by atoms with van der Waals surface area (Å²) in [6.07, 6.45) is 0. The summed E-state index contributed by atoms with van der Waals surface area (Å²) in [5, 5.41) is 3.28. The second-order valence-corrected chi connectivity index (χ2v) is 7.61. The second kappa shape index (κ2) is 6.41. The average Bonchev–Trinajstić information content (AvgIpc) is 2.74. The lowest BCUT2D eigenvalue weighted by molar-refractivity contribution is 0.385. The van der Waals surface area contributed by atoms with E-state index in [2.05, 4.69) is 5.32 Å².